The van der Waals surface area contributed by atoms with E-state index < -0.39 is 13.6 Å². The minimum atomic E-state index is -1.69. The van der Waals surface area contributed by atoms with Crippen molar-refractivity contribution in [3.8, 4) is 6.07 Å². The average molecular weight is 678 g/mol. The third-order valence-electron chi connectivity index (χ3n) is 7.22. The zero-order valence-corrected chi connectivity index (χ0v) is 26.1. The van der Waals surface area contributed by atoms with Crippen molar-refractivity contribution in [2.24, 2.45) is 0 Å². The van der Waals surface area contributed by atoms with Crippen LogP contribution in [0.3, 0.4) is 0 Å². The molecular formula is C27H26Cl2IN5O2Si. The van der Waals surface area contributed by atoms with Crippen molar-refractivity contribution < 1.29 is 9.53 Å². The van der Waals surface area contributed by atoms with Crippen LogP contribution in [0.15, 0.2) is 48.2 Å². The number of halogens is 3. The molecule has 0 aliphatic carbocycles. The Balaban J connectivity index is 1.65. The predicted octanol–water partition coefficient (Wildman–Crippen LogP) is 5.43. The predicted molar refractivity (Wildman–Crippen MR) is 159 cm³/mol. The van der Waals surface area contributed by atoms with Gasteiger partial charge in [-0.2, -0.15) is 5.26 Å². The molecule has 5 rings (SSSR count). The molecule has 1 fully saturated rings. The minimum absolute atomic E-state index is 0.0727. The third kappa shape index (κ3) is 4.55. The topological polar surface area (TPSA) is 84.0 Å². The molecule has 3 aromatic rings. The first kappa shape index (κ1) is 27.2. The van der Waals surface area contributed by atoms with E-state index in [-0.39, 0.29) is 11.9 Å². The van der Waals surface area contributed by atoms with Gasteiger partial charge in [0.2, 0.25) is 0 Å². The van der Waals surface area contributed by atoms with E-state index in [1.165, 1.54) is 0 Å². The summed E-state index contributed by atoms with van der Waals surface area (Å²) in [5.41, 5.74) is 1.94. The van der Waals surface area contributed by atoms with Gasteiger partial charge in [0.05, 0.1) is 35.7 Å². The van der Waals surface area contributed by atoms with Crippen molar-refractivity contribution in [3.63, 3.8) is 0 Å². The Morgan fingerprint density at radius 3 is 2.39 bits per heavy atom. The number of ether oxygens (including phenoxy) is 1. The van der Waals surface area contributed by atoms with Crippen molar-refractivity contribution in [2.45, 2.75) is 44.1 Å². The number of nitriles is 1. The van der Waals surface area contributed by atoms with E-state index in [0.29, 0.717) is 51.9 Å². The maximum absolute atomic E-state index is 14.1. The van der Waals surface area contributed by atoms with Gasteiger partial charge in [0, 0.05) is 29.4 Å². The Hall–Kier alpha value is -2.39. The van der Waals surface area contributed by atoms with E-state index in [1.807, 2.05) is 21.7 Å². The molecule has 1 aromatic heterocycles. The Bertz CT molecular complexity index is 1490. The minimum Gasteiger partial charge on any atom is -0.498 e. The second-order valence-corrected chi connectivity index (χ2v) is 17.6. The van der Waals surface area contributed by atoms with Crippen molar-refractivity contribution in [2.75, 3.05) is 13.7 Å². The smallest absolute Gasteiger partial charge is 0.258 e. The number of aromatic nitrogens is 3. The Kier molecular flexibility index (Phi) is 7.13. The highest BCUT2D eigenvalue weighted by molar-refractivity contribution is 14.1. The van der Waals surface area contributed by atoms with Gasteiger partial charge in [0.25, 0.3) is 5.91 Å². The molecule has 7 nitrogen and oxygen atoms in total. The van der Waals surface area contributed by atoms with Gasteiger partial charge < -0.3 is 9.64 Å². The molecule has 1 saturated heterocycles. The molecule has 2 aliphatic rings. The molecule has 0 bridgehead atoms. The lowest BCUT2D eigenvalue weighted by Crippen LogP contribution is -2.45. The summed E-state index contributed by atoms with van der Waals surface area (Å²) in [6.45, 7) is 7.21. The lowest BCUT2D eigenvalue weighted by molar-refractivity contribution is -0.126. The highest BCUT2D eigenvalue weighted by Crippen LogP contribution is 2.52. The van der Waals surface area contributed by atoms with Gasteiger partial charge in [-0.3, -0.25) is 4.79 Å². The standard InChI is InChI=1S/C27H26Cl2IN5O2Si/c1-37-23-22(18-9-19(28)11-20(29)10-18)26(36)34-15-21(35-24(30)25(32-33-35)38(2,3)4)13-27(23,34)12-16-5-7-17(14-31)8-6-16/h5-11,21H,12-13,15H2,1-4H3/t21-,27-/m0/s1. The number of methoxy groups -OCH3 is 1. The number of fused-ring (bicyclic) bond motifs is 1. The number of carbonyl (C=O) groups excluding carboxylic acids is 1. The summed E-state index contributed by atoms with van der Waals surface area (Å²) in [5, 5.41) is 20.3. The monoisotopic (exact) mass is 677 g/mol. The van der Waals surface area contributed by atoms with Gasteiger partial charge in [-0.1, -0.05) is 60.2 Å². The van der Waals surface area contributed by atoms with Crippen molar-refractivity contribution >= 4 is 70.7 Å². The average Bonchev–Trinajstić information content (AvgIpc) is 3.48. The molecule has 0 N–H and O–H groups in total. The first-order valence-electron chi connectivity index (χ1n) is 12.2. The van der Waals surface area contributed by atoms with E-state index in [0.717, 1.165) is 14.6 Å². The summed E-state index contributed by atoms with van der Waals surface area (Å²) in [4.78, 5) is 16.0. The van der Waals surface area contributed by atoms with Crippen LogP contribution in [0.1, 0.15) is 29.2 Å². The first-order chi connectivity index (χ1) is 18.0. The highest BCUT2D eigenvalue weighted by Gasteiger charge is 2.59. The largest absolute Gasteiger partial charge is 0.498 e. The fourth-order valence-corrected chi connectivity index (χ4v) is 10.2. The summed E-state index contributed by atoms with van der Waals surface area (Å²) in [6.07, 6.45) is 1.12. The summed E-state index contributed by atoms with van der Waals surface area (Å²) < 4.78 is 9.08. The number of hydrogen-bond donors (Lipinski definition) is 0. The maximum atomic E-state index is 14.1. The zero-order chi connectivity index (χ0) is 27.4. The summed E-state index contributed by atoms with van der Waals surface area (Å²) in [6, 6.07) is 14.7. The molecular weight excluding hydrogens is 652 g/mol. The van der Waals surface area contributed by atoms with Crippen LogP contribution in [0.25, 0.3) is 5.57 Å². The van der Waals surface area contributed by atoms with Crippen LogP contribution in [0.2, 0.25) is 29.7 Å². The SMILES string of the molecule is COC1=C(c2cc(Cl)cc(Cl)c2)C(=O)N2C[C@@H](n3nnc([Si](C)(C)C)c3I)C[C@@]12Cc1ccc(C#N)cc1. The van der Waals surface area contributed by atoms with Crippen LogP contribution in [0.5, 0.6) is 0 Å². The first-order valence-corrected chi connectivity index (χ1v) is 17.5. The van der Waals surface area contributed by atoms with Gasteiger partial charge in [0.15, 0.2) is 0 Å². The summed E-state index contributed by atoms with van der Waals surface area (Å²) >= 11 is 15.0. The molecule has 3 heterocycles. The number of rotatable bonds is 6. The lowest BCUT2D eigenvalue weighted by atomic mass is 9.85. The van der Waals surface area contributed by atoms with Gasteiger partial charge in [-0.25, -0.2) is 4.68 Å². The van der Waals surface area contributed by atoms with Crippen LogP contribution in [0.4, 0.5) is 0 Å². The molecule has 2 atom stereocenters. The van der Waals surface area contributed by atoms with Crippen LogP contribution >= 0.6 is 45.8 Å². The molecule has 0 spiro atoms. The van der Waals surface area contributed by atoms with Crippen LogP contribution in [-0.2, 0) is 16.0 Å². The van der Waals surface area contributed by atoms with E-state index in [2.05, 4.69) is 58.6 Å². The maximum Gasteiger partial charge on any atom is 0.258 e. The number of benzene rings is 2. The lowest BCUT2D eigenvalue weighted by Gasteiger charge is -2.34. The second kappa shape index (κ2) is 9.97. The number of hydrogen-bond acceptors (Lipinski definition) is 5. The van der Waals surface area contributed by atoms with Crippen molar-refractivity contribution in [1.82, 2.24) is 19.9 Å². The highest BCUT2D eigenvalue weighted by atomic mass is 127. The number of amides is 1. The van der Waals surface area contributed by atoms with Crippen molar-refractivity contribution in [3.05, 3.63) is 78.7 Å². The van der Waals surface area contributed by atoms with E-state index in [4.69, 9.17) is 27.9 Å². The summed E-state index contributed by atoms with van der Waals surface area (Å²) in [5.74, 6) is 0.463. The molecule has 11 heteroatoms. The Morgan fingerprint density at radius 2 is 1.84 bits per heavy atom. The van der Waals surface area contributed by atoms with Gasteiger partial charge in [-0.05, 0) is 64.0 Å². The molecule has 38 heavy (non-hydrogen) atoms. The van der Waals surface area contributed by atoms with Crippen LogP contribution in [-0.4, -0.2) is 53.1 Å². The zero-order valence-electron chi connectivity index (χ0n) is 21.4. The van der Waals surface area contributed by atoms with E-state index in [1.54, 1.807) is 37.4 Å². The number of nitrogens with zero attached hydrogens (tertiary/aromatic N) is 5. The molecule has 196 valence electrons. The Morgan fingerprint density at radius 1 is 1.18 bits per heavy atom. The molecule has 2 aliphatic heterocycles. The molecule has 2 aromatic carbocycles. The summed E-state index contributed by atoms with van der Waals surface area (Å²) in [7, 11) is -0.0869. The fourth-order valence-electron chi connectivity index (χ4n) is 5.57. The Labute approximate surface area is 246 Å². The molecule has 0 unspecified atom stereocenters. The molecule has 1 amide bonds. The van der Waals surface area contributed by atoms with Gasteiger partial charge in [-0.15, -0.1) is 5.10 Å². The van der Waals surface area contributed by atoms with Gasteiger partial charge >= 0.3 is 0 Å². The van der Waals surface area contributed by atoms with E-state index >= 15 is 0 Å². The quantitative estimate of drug-likeness (QED) is 0.257. The van der Waals surface area contributed by atoms with E-state index in [9.17, 15) is 10.1 Å². The second-order valence-electron chi connectivity index (χ2n) is 10.8. The molecule has 0 saturated carbocycles. The normalized spacial score (nSPS) is 21.2. The fraction of sp³-hybridized carbons (Fsp3) is 0.333. The third-order valence-corrected chi connectivity index (χ3v) is 10.9. The molecule has 0 radical (unpaired) electrons. The van der Waals surface area contributed by atoms with Crippen LogP contribution in [0, 0.1) is 15.0 Å². The van der Waals surface area contributed by atoms with Crippen LogP contribution < -0.4 is 5.32 Å². The number of carbonyl (C=O) groups is 1. The van der Waals surface area contributed by atoms with Gasteiger partial charge in [0.1, 0.15) is 23.1 Å². The van der Waals surface area contributed by atoms with Crippen molar-refractivity contribution in [1.29, 1.82) is 5.26 Å².